The van der Waals surface area contributed by atoms with Gasteiger partial charge < -0.3 is 4.23 Å². The van der Waals surface area contributed by atoms with E-state index in [1.807, 2.05) is 0 Å². The zero-order chi connectivity index (χ0) is 14.8. The number of aromatic nitrogens is 1. The van der Waals surface area contributed by atoms with Crippen molar-refractivity contribution in [3.05, 3.63) is 24.5 Å². The Kier molecular flexibility index (Phi) is 4.40. The molecule has 4 rings (SSSR count). The maximum Gasteiger partial charge on any atom is 0.411 e. The van der Waals surface area contributed by atoms with Gasteiger partial charge in [0.05, 0.1) is 0 Å². The van der Waals surface area contributed by atoms with Gasteiger partial charge >= 0.3 is 8.72 Å². The molecule has 122 valence electrons. The summed E-state index contributed by atoms with van der Waals surface area (Å²) in [6, 6.07) is 4.47. The van der Waals surface area contributed by atoms with Crippen LogP contribution in [0.3, 0.4) is 0 Å². The predicted octanol–water partition coefficient (Wildman–Crippen LogP) is 2.45. The molecule has 4 nitrogen and oxygen atoms in total. The van der Waals surface area contributed by atoms with Crippen LogP contribution in [-0.4, -0.2) is 65.9 Å². The third-order valence-electron chi connectivity index (χ3n) is 5.79. The van der Waals surface area contributed by atoms with Crippen molar-refractivity contribution in [2.75, 3.05) is 39.3 Å². The third-order valence-corrected chi connectivity index (χ3v) is 10.7. The second kappa shape index (κ2) is 6.47. The van der Waals surface area contributed by atoms with Crippen molar-refractivity contribution in [2.45, 2.75) is 44.9 Å². The summed E-state index contributed by atoms with van der Waals surface area (Å²) < 4.78 is 11.4. The lowest BCUT2D eigenvalue weighted by atomic mass is 10.2. The molecule has 0 radical (unpaired) electrons. The molecule has 22 heavy (non-hydrogen) atoms. The minimum absolute atomic E-state index is 1.30. The summed E-state index contributed by atoms with van der Waals surface area (Å²) >= 11 is 0. The molecule has 0 amide bonds. The lowest BCUT2D eigenvalue weighted by molar-refractivity contribution is 0.234. The quantitative estimate of drug-likeness (QED) is 0.793. The lowest BCUT2D eigenvalue weighted by Gasteiger charge is -2.52. The number of hydrogen-bond donors (Lipinski definition) is 0. The number of piperidine rings is 1. The first-order valence-electron chi connectivity index (χ1n) is 9.31. The highest BCUT2D eigenvalue weighted by Gasteiger charge is 2.55. The van der Waals surface area contributed by atoms with Gasteiger partial charge in [0.2, 0.25) is 0 Å². The molecule has 1 aromatic rings. The minimum Gasteiger partial charge on any atom is -0.343 e. The van der Waals surface area contributed by atoms with Gasteiger partial charge in [0, 0.05) is 0 Å². The summed E-state index contributed by atoms with van der Waals surface area (Å²) in [6.45, 7) is 7.82. The summed E-state index contributed by atoms with van der Waals surface area (Å²) in [6.07, 6.45) is 14.5. The van der Waals surface area contributed by atoms with Crippen molar-refractivity contribution in [3.63, 3.8) is 0 Å². The van der Waals surface area contributed by atoms with Gasteiger partial charge in [0.1, 0.15) is 0 Å². The van der Waals surface area contributed by atoms with Gasteiger partial charge in [0.15, 0.2) is 0 Å². The first-order valence-corrected chi connectivity index (χ1v) is 11.1. The van der Waals surface area contributed by atoms with Crippen LogP contribution in [-0.2, 0) is 0 Å². The Balaban J connectivity index is 1.78. The molecule has 0 atom stereocenters. The highest BCUT2D eigenvalue weighted by Crippen LogP contribution is 2.31. The van der Waals surface area contributed by atoms with E-state index in [0.29, 0.717) is 0 Å². The van der Waals surface area contributed by atoms with E-state index in [2.05, 4.69) is 42.5 Å². The molecule has 0 spiro atoms. The summed E-state index contributed by atoms with van der Waals surface area (Å²) in [5, 5.41) is 0. The van der Waals surface area contributed by atoms with Gasteiger partial charge in [-0.05, 0) is 102 Å². The van der Waals surface area contributed by atoms with Crippen molar-refractivity contribution in [1.82, 2.24) is 17.9 Å². The maximum atomic E-state index is 2.92. The van der Waals surface area contributed by atoms with Crippen LogP contribution < -0.4 is 0 Å². The highest BCUT2D eigenvalue weighted by molar-refractivity contribution is 6.70. The fourth-order valence-electron chi connectivity index (χ4n) is 4.85. The van der Waals surface area contributed by atoms with Gasteiger partial charge in [0.25, 0.3) is 0 Å². The third kappa shape index (κ3) is 2.39. The van der Waals surface area contributed by atoms with Crippen LogP contribution in [0.1, 0.15) is 44.9 Å². The maximum absolute atomic E-state index is 2.92. The molecule has 0 bridgehead atoms. The molecule has 0 saturated carbocycles. The van der Waals surface area contributed by atoms with E-state index in [1.54, 1.807) is 0 Å². The topological polar surface area (TPSA) is 14.7 Å². The van der Waals surface area contributed by atoms with E-state index in [1.165, 1.54) is 84.2 Å². The molecule has 3 fully saturated rings. The minimum atomic E-state index is -1.94. The molecule has 4 heterocycles. The highest BCUT2D eigenvalue weighted by atomic mass is 28.4. The van der Waals surface area contributed by atoms with Crippen LogP contribution in [0, 0.1) is 0 Å². The van der Waals surface area contributed by atoms with E-state index in [0.717, 1.165) is 0 Å². The van der Waals surface area contributed by atoms with Crippen molar-refractivity contribution >= 4 is 8.72 Å². The van der Waals surface area contributed by atoms with Crippen LogP contribution in [0.5, 0.6) is 0 Å². The fraction of sp³-hybridized carbons (Fsp3) is 0.765. The molecule has 5 heteroatoms. The van der Waals surface area contributed by atoms with Crippen molar-refractivity contribution in [1.29, 1.82) is 0 Å². The summed E-state index contributed by atoms with van der Waals surface area (Å²) in [5.41, 5.74) is 0. The molecular formula is C17H30N4Si. The molecule has 0 N–H and O–H groups in total. The second-order valence-corrected chi connectivity index (χ2v) is 10.7. The van der Waals surface area contributed by atoms with E-state index in [9.17, 15) is 0 Å². The molecule has 0 aliphatic carbocycles. The number of nitrogens with zero attached hydrogens (tertiary/aromatic N) is 4. The molecule has 0 unspecified atom stereocenters. The average molecular weight is 319 g/mol. The smallest absolute Gasteiger partial charge is 0.343 e. The molecule has 1 aromatic heterocycles. The standard InChI is InChI=1S/C17H30N4Si/c1-2-10-18(11-3-1)22(19-12-4-5-13-19,20-14-6-7-15-20)21-16-8-9-17-21/h4-5,12-13H,1-3,6-11,14-17H2. The van der Waals surface area contributed by atoms with Gasteiger partial charge in [-0.15, -0.1) is 0 Å². The predicted molar refractivity (Wildman–Crippen MR) is 92.6 cm³/mol. The Hall–Kier alpha value is -0.623. The largest absolute Gasteiger partial charge is 0.411 e. The Labute approximate surface area is 136 Å². The molecule has 0 aromatic carbocycles. The SMILES string of the molecule is c1ccn([Si](N2CCCCC2)(N2CCCC2)N2CCCC2)c1. The van der Waals surface area contributed by atoms with Crippen LogP contribution in [0.15, 0.2) is 24.5 Å². The monoisotopic (exact) mass is 318 g/mol. The Morgan fingerprint density at radius 1 is 0.500 bits per heavy atom. The van der Waals surface area contributed by atoms with E-state index in [-0.39, 0.29) is 0 Å². The number of rotatable bonds is 4. The molecule has 3 aliphatic rings. The van der Waals surface area contributed by atoms with Crippen molar-refractivity contribution < 1.29 is 0 Å². The van der Waals surface area contributed by atoms with Gasteiger partial charge in [-0.2, -0.15) is 0 Å². The van der Waals surface area contributed by atoms with Crippen LogP contribution in [0.25, 0.3) is 0 Å². The average Bonchev–Trinajstić information content (AvgIpc) is 3.34. The zero-order valence-corrected chi connectivity index (χ0v) is 14.8. The van der Waals surface area contributed by atoms with Gasteiger partial charge in [-0.3, -0.25) is 13.7 Å². The molecule has 3 saturated heterocycles. The van der Waals surface area contributed by atoms with E-state index in [4.69, 9.17) is 0 Å². The van der Waals surface area contributed by atoms with E-state index >= 15 is 0 Å². The normalized spacial score (nSPS) is 26.0. The van der Waals surface area contributed by atoms with Gasteiger partial charge in [-0.1, -0.05) is 6.42 Å². The van der Waals surface area contributed by atoms with Crippen molar-refractivity contribution in [3.8, 4) is 0 Å². The van der Waals surface area contributed by atoms with Crippen LogP contribution in [0.2, 0.25) is 0 Å². The summed E-state index contributed by atoms with van der Waals surface area (Å²) in [7, 11) is -1.94. The van der Waals surface area contributed by atoms with E-state index < -0.39 is 8.72 Å². The summed E-state index contributed by atoms with van der Waals surface area (Å²) in [5.74, 6) is 0. The second-order valence-electron chi connectivity index (χ2n) is 7.13. The molecule has 3 aliphatic heterocycles. The van der Waals surface area contributed by atoms with Crippen LogP contribution in [0.4, 0.5) is 0 Å². The van der Waals surface area contributed by atoms with Crippen LogP contribution >= 0.6 is 0 Å². The Morgan fingerprint density at radius 2 is 0.864 bits per heavy atom. The number of hydrogen-bond acceptors (Lipinski definition) is 3. The lowest BCUT2D eigenvalue weighted by Crippen LogP contribution is -2.78. The van der Waals surface area contributed by atoms with Crippen molar-refractivity contribution in [2.24, 2.45) is 0 Å². The Morgan fingerprint density at radius 3 is 1.27 bits per heavy atom. The summed E-state index contributed by atoms with van der Waals surface area (Å²) in [4.78, 5) is 0. The fourth-order valence-corrected chi connectivity index (χ4v) is 10.4. The first kappa shape index (κ1) is 14.9. The Bertz CT molecular complexity index is 441. The van der Waals surface area contributed by atoms with Gasteiger partial charge in [-0.25, -0.2) is 0 Å². The first-order chi connectivity index (χ1) is 10.9. The zero-order valence-electron chi connectivity index (χ0n) is 13.8. The molecular weight excluding hydrogens is 288 g/mol.